The number of rotatable bonds is 0. The lowest BCUT2D eigenvalue weighted by atomic mass is 9.93. The zero-order valence-electron chi connectivity index (χ0n) is 6.02. The molecule has 0 aromatic rings. The van der Waals surface area contributed by atoms with Gasteiger partial charge in [0, 0.05) is 6.61 Å². The van der Waals surface area contributed by atoms with E-state index in [1.165, 1.54) is 25.7 Å². The van der Waals surface area contributed by atoms with Crippen molar-refractivity contribution in [1.82, 2.24) is 0 Å². The van der Waals surface area contributed by atoms with Crippen LogP contribution in [0.4, 0.5) is 0 Å². The van der Waals surface area contributed by atoms with E-state index in [0.717, 1.165) is 12.5 Å². The van der Waals surface area contributed by atoms with Crippen LogP contribution in [-0.4, -0.2) is 12.2 Å². The minimum atomic E-state index is 0.306. The van der Waals surface area contributed by atoms with E-state index in [0.29, 0.717) is 5.60 Å². The Balaban J connectivity index is 2.17. The fraction of sp³-hybridized carbons (Fsp3) is 1.00. The highest BCUT2D eigenvalue weighted by atomic mass is 16.5. The van der Waals surface area contributed by atoms with Crippen molar-refractivity contribution in [2.45, 2.75) is 38.2 Å². The van der Waals surface area contributed by atoms with Crippen molar-refractivity contribution < 1.29 is 4.74 Å². The van der Waals surface area contributed by atoms with Crippen molar-refractivity contribution in [3.05, 3.63) is 0 Å². The summed E-state index contributed by atoms with van der Waals surface area (Å²) in [5.74, 6) is 0.900. The predicted octanol–water partition coefficient (Wildman–Crippen LogP) is 1.97. The second-order valence-electron chi connectivity index (χ2n) is 3.54. The zero-order valence-corrected chi connectivity index (χ0v) is 6.02. The van der Waals surface area contributed by atoms with Gasteiger partial charge in [-0.15, -0.1) is 0 Å². The van der Waals surface area contributed by atoms with Gasteiger partial charge in [-0.2, -0.15) is 0 Å². The lowest BCUT2D eigenvalue weighted by Gasteiger charge is -2.21. The van der Waals surface area contributed by atoms with Crippen molar-refractivity contribution in [3.8, 4) is 0 Å². The molecule has 52 valence electrons. The van der Waals surface area contributed by atoms with Crippen molar-refractivity contribution in [1.29, 1.82) is 0 Å². The average molecular weight is 126 g/mol. The van der Waals surface area contributed by atoms with Crippen molar-refractivity contribution in [3.63, 3.8) is 0 Å². The molecule has 0 radical (unpaired) electrons. The number of hydrogen-bond acceptors (Lipinski definition) is 1. The van der Waals surface area contributed by atoms with Gasteiger partial charge in [-0.25, -0.2) is 0 Å². The first-order valence-corrected chi connectivity index (χ1v) is 3.95. The molecule has 9 heavy (non-hydrogen) atoms. The molecular formula is C8H14O. The van der Waals surface area contributed by atoms with Crippen LogP contribution in [0.3, 0.4) is 0 Å². The summed E-state index contributed by atoms with van der Waals surface area (Å²) >= 11 is 0. The van der Waals surface area contributed by atoms with Gasteiger partial charge in [-0.3, -0.25) is 0 Å². The summed E-state index contributed by atoms with van der Waals surface area (Å²) in [6.45, 7) is 3.29. The van der Waals surface area contributed by atoms with E-state index in [1.807, 2.05) is 0 Å². The standard InChI is InChI=1S/C8H14O/c1-8-5-2-3-7(8)4-6-9-8/h7H,2-6H2,1H3. The topological polar surface area (TPSA) is 9.23 Å². The van der Waals surface area contributed by atoms with Gasteiger partial charge in [0.1, 0.15) is 0 Å². The second-order valence-corrected chi connectivity index (χ2v) is 3.54. The molecule has 0 amide bonds. The van der Waals surface area contributed by atoms with Crippen LogP contribution < -0.4 is 0 Å². The number of ether oxygens (including phenoxy) is 1. The molecule has 2 atom stereocenters. The normalized spacial score (nSPS) is 49.7. The summed E-state index contributed by atoms with van der Waals surface area (Å²) in [7, 11) is 0. The summed E-state index contributed by atoms with van der Waals surface area (Å²) in [6.07, 6.45) is 5.42. The molecule has 1 aliphatic heterocycles. The van der Waals surface area contributed by atoms with Gasteiger partial charge in [0.15, 0.2) is 0 Å². The summed E-state index contributed by atoms with van der Waals surface area (Å²) in [6, 6.07) is 0. The fourth-order valence-corrected chi connectivity index (χ4v) is 2.28. The third kappa shape index (κ3) is 0.710. The first kappa shape index (κ1) is 5.72. The van der Waals surface area contributed by atoms with E-state index in [2.05, 4.69) is 6.92 Å². The predicted molar refractivity (Wildman–Crippen MR) is 36.3 cm³/mol. The van der Waals surface area contributed by atoms with E-state index in [4.69, 9.17) is 4.74 Å². The van der Waals surface area contributed by atoms with Gasteiger partial charge in [0.25, 0.3) is 0 Å². The minimum absolute atomic E-state index is 0.306. The first-order valence-electron chi connectivity index (χ1n) is 3.95. The quantitative estimate of drug-likeness (QED) is 0.482. The Labute approximate surface area is 56.4 Å². The average Bonchev–Trinajstić information content (AvgIpc) is 2.22. The summed E-state index contributed by atoms with van der Waals surface area (Å²) in [5.41, 5.74) is 0.306. The first-order chi connectivity index (χ1) is 4.31. The van der Waals surface area contributed by atoms with Crippen LogP contribution in [0.5, 0.6) is 0 Å². The van der Waals surface area contributed by atoms with Crippen LogP contribution in [0.15, 0.2) is 0 Å². The highest BCUT2D eigenvalue weighted by Crippen LogP contribution is 2.44. The van der Waals surface area contributed by atoms with Crippen LogP contribution >= 0.6 is 0 Å². The molecule has 0 N–H and O–H groups in total. The molecule has 0 aromatic carbocycles. The van der Waals surface area contributed by atoms with Crippen LogP contribution in [0.25, 0.3) is 0 Å². The maximum atomic E-state index is 5.66. The molecule has 1 nitrogen and oxygen atoms in total. The lowest BCUT2D eigenvalue weighted by Crippen LogP contribution is -2.25. The molecule has 0 aromatic heterocycles. The van der Waals surface area contributed by atoms with Crippen molar-refractivity contribution >= 4 is 0 Å². The van der Waals surface area contributed by atoms with Crippen molar-refractivity contribution in [2.24, 2.45) is 5.92 Å². The summed E-state index contributed by atoms with van der Waals surface area (Å²) < 4.78 is 5.66. The monoisotopic (exact) mass is 126 g/mol. The zero-order chi connectivity index (χ0) is 6.32. The number of fused-ring (bicyclic) bond motifs is 1. The SMILES string of the molecule is CC12CCCC1CCO2. The van der Waals surface area contributed by atoms with Gasteiger partial charge < -0.3 is 4.74 Å². The Hall–Kier alpha value is -0.0400. The molecule has 2 rings (SSSR count). The Morgan fingerprint density at radius 2 is 2.33 bits per heavy atom. The molecular weight excluding hydrogens is 112 g/mol. The maximum absolute atomic E-state index is 5.66. The minimum Gasteiger partial charge on any atom is -0.375 e. The van der Waals surface area contributed by atoms with E-state index in [9.17, 15) is 0 Å². The van der Waals surface area contributed by atoms with Gasteiger partial charge in [0.2, 0.25) is 0 Å². The molecule has 1 saturated carbocycles. The molecule has 2 unspecified atom stereocenters. The molecule has 1 aliphatic carbocycles. The van der Waals surface area contributed by atoms with E-state index in [-0.39, 0.29) is 0 Å². The molecule has 1 saturated heterocycles. The maximum Gasteiger partial charge on any atom is 0.0683 e. The van der Waals surface area contributed by atoms with Gasteiger partial charge in [0.05, 0.1) is 5.60 Å². The van der Waals surface area contributed by atoms with Crippen LogP contribution in [0.2, 0.25) is 0 Å². The molecule has 2 aliphatic rings. The largest absolute Gasteiger partial charge is 0.375 e. The Morgan fingerprint density at radius 3 is 3.11 bits per heavy atom. The summed E-state index contributed by atoms with van der Waals surface area (Å²) in [5, 5.41) is 0. The smallest absolute Gasteiger partial charge is 0.0683 e. The number of hydrogen-bond donors (Lipinski definition) is 0. The van der Waals surface area contributed by atoms with Crippen LogP contribution in [-0.2, 0) is 4.74 Å². The lowest BCUT2D eigenvalue weighted by molar-refractivity contribution is 0.00845. The Bertz CT molecular complexity index is 110. The third-order valence-electron chi connectivity index (χ3n) is 2.99. The van der Waals surface area contributed by atoms with E-state index in [1.54, 1.807) is 0 Å². The fourth-order valence-electron chi connectivity index (χ4n) is 2.28. The van der Waals surface area contributed by atoms with Gasteiger partial charge in [-0.05, 0) is 32.1 Å². The molecule has 1 heteroatoms. The second kappa shape index (κ2) is 1.72. The third-order valence-corrected chi connectivity index (χ3v) is 2.99. The molecule has 2 fully saturated rings. The molecule has 1 heterocycles. The van der Waals surface area contributed by atoms with Gasteiger partial charge in [-0.1, -0.05) is 6.42 Å². The Morgan fingerprint density at radius 1 is 1.44 bits per heavy atom. The molecule has 0 bridgehead atoms. The van der Waals surface area contributed by atoms with E-state index >= 15 is 0 Å². The van der Waals surface area contributed by atoms with E-state index < -0.39 is 0 Å². The molecule has 0 spiro atoms. The highest BCUT2D eigenvalue weighted by molar-refractivity contribution is 4.93. The van der Waals surface area contributed by atoms with Crippen LogP contribution in [0.1, 0.15) is 32.6 Å². The Kier molecular flexibility index (Phi) is 1.10. The highest BCUT2D eigenvalue weighted by Gasteiger charge is 2.43. The van der Waals surface area contributed by atoms with Gasteiger partial charge >= 0.3 is 0 Å². The van der Waals surface area contributed by atoms with Crippen LogP contribution in [0, 0.1) is 5.92 Å². The van der Waals surface area contributed by atoms with Crippen molar-refractivity contribution in [2.75, 3.05) is 6.61 Å². The summed E-state index contributed by atoms with van der Waals surface area (Å²) in [4.78, 5) is 0.